The van der Waals surface area contributed by atoms with E-state index in [9.17, 15) is 9.59 Å². The van der Waals surface area contributed by atoms with E-state index in [1.165, 1.54) is 27.4 Å². The summed E-state index contributed by atoms with van der Waals surface area (Å²) in [6, 6.07) is 3.13. The molecule has 0 bridgehead atoms. The minimum Gasteiger partial charge on any atom is -0.493 e. The van der Waals surface area contributed by atoms with Crippen LogP contribution in [0.25, 0.3) is 0 Å². The third-order valence-electron chi connectivity index (χ3n) is 2.33. The van der Waals surface area contributed by atoms with Crippen LogP contribution in [0, 0.1) is 0 Å². The molecule has 1 aromatic rings. The fourth-order valence-corrected chi connectivity index (χ4v) is 1.43. The fraction of sp³-hybridized carbons (Fsp3) is 0.333. The van der Waals surface area contributed by atoms with Gasteiger partial charge in [-0.15, -0.1) is 0 Å². The van der Waals surface area contributed by atoms with E-state index in [2.05, 4.69) is 4.74 Å². The number of carbonyl (C=O) groups is 2. The van der Waals surface area contributed by atoms with E-state index in [4.69, 9.17) is 9.47 Å². The van der Waals surface area contributed by atoms with Gasteiger partial charge >= 0.3 is 5.97 Å². The Labute approximate surface area is 99.3 Å². The van der Waals surface area contributed by atoms with Gasteiger partial charge in [-0.1, -0.05) is 0 Å². The Morgan fingerprint density at radius 3 is 2.24 bits per heavy atom. The van der Waals surface area contributed by atoms with Crippen molar-refractivity contribution in [3.05, 3.63) is 23.3 Å². The maximum absolute atomic E-state index is 11.2. The molecule has 0 spiro atoms. The molecule has 1 aromatic carbocycles. The van der Waals surface area contributed by atoms with Crippen molar-refractivity contribution in [2.24, 2.45) is 0 Å². The highest BCUT2D eigenvalue weighted by Gasteiger charge is 2.13. The van der Waals surface area contributed by atoms with E-state index in [1.54, 1.807) is 6.07 Å². The second-order valence-electron chi connectivity index (χ2n) is 3.28. The fourth-order valence-electron chi connectivity index (χ4n) is 1.43. The minimum absolute atomic E-state index is 0.0188. The highest BCUT2D eigenvalue weighted by Crippen LogP contribution is 2.30. The molecular weight excluding hydrogens is 224 g/mol. The number of hydrogen-bond donors (Lipinski definition) is 0. The normalized spacial score (nSPS) is 9.59. The summed E-state index contributed by atoms with van der Waals surface area (Å²) in [6.45, 7) is 0. The number of carbonyl (C=O) groups excluding carboxylic acids is 2. The first kappa shape index (κ1) is 13.0. The standard InChI is InChI=1S/C12H14O5/c1-15-10-4-8(6-12(14)17-3)9(7-13)5-11(10)16-2/h4-5,7H,6H2,1-3H3. The summed E-state index contributed by atoms with van der Waals surface area (Å²) >= 11 is 0. The van der Waals surface area contributed by atoms with Gasteiger partial charge in [0, 0.05) is 5.56 Å². The second-order valence-corrected chi connectivity index (χ2v) is 3.28. The van der Waals surface area contributed by atoms with Gasteiger partial charge in [-0.3, -0.25) is 9.59 Å². The Balaban J connectivity index is 3.18. The molecule has 5 heteroatoms. The minimum atomic E-state index is -0.416. The zero-order valence-electron chi connectivity index (χ0n) is 9.98. The summed E-state index contributed by atoms with van der Waals surface area (Å²) in [5, 5.41) is 0. The first-order chi connectivity index (χ1) is 8.15. The highest BCUT2D eigenvalue weighted by molar-refractivity contribution is 5.83. The predicted molar refractivity (Wildman–Crippen MR) is 60.7 cm³/mol. The summed E-state index contributed by atoms with van der Waals surface area (Å²) in [7, 11) is 4.26. The Morgan fingerprint density at radius 2 is 1.76 bits per heavy atom. The molecule has 0 aromatic heterocycles. The van der Waals surface area contributed by atoms with Gasteiger partial charge in [0.2, 0.25) is 0 Å². The number of esters is 1. The van der Waals surface area contributed by atoms with E-state index >= 15 is 0 Å². The zero-order valence-corrected chi connectivity index (χ0v) is 9.98. The lowest BCUT2D eigenvalue weighted by atomic mass is 10.0. The molecule has 0 N–H and O–H groups in total. The molecule has 17 heavy (non-hydrogen) atoms. The molecule has 0 aliphatic rings. The third kappa shape index (κ3) is 2.96. The van der Waals surface area contributed by atoms with Crippen LogP contribution in [0.3, 0.4) is 0 Å². The maximum atomic E-state index is 11.2. The van der Waals surface area contributed by atoms with E-state index in [1.807, 2.05) is 0 Å². The SMILES string of the molecule is COC(=O)Cc1cc(OC)c(OC)cc1C=O. The maximum Gasteiger partial charge on any atom is 0.310 e. The third-order valence-corrected chi connectivity index (χ3v) is 2.33. The Morgan fingerprint density at radius 1 is 1.18 bits per heavy atom. The van der Waals surface area contributed by atoms with Crippen LogP contribution in [0.1, 0.15) is 15.9 Å². The Bertz CT molecular complexity index is 425. The topological polar surface area (TPSA) is 61.8 Å². The van der Waals surface area contributed by atoms with Crippen LogP contribution >= 0.6 is 0 Å². The first-order valence-electron chi connectivity index (χ1n) is 4.93. The first-order valence-corrected chi connectivity index (χ1v) is 4.93. The average Bonchev–Trinajstić information content (AvgIpc) is 2.37. The molecule has 0 saturated heterocycles. The van der Waals surface area contributed by atoms with Crippen LogP contribution in [-0.2, 0) is 16.0 Å². The van der Waals surface area contributed by atoms with Gasteiger partial charge in [-0.25, -0.2) is 0 Å². The van der Waals surface area contributed by atoms with Gasteiger partial charge in [-0.2, -0.15) is 0 Å². The lowest BCUT2D eigenvalue weighted by molar-refractivity contribution is -0.139. The lowest BCUT2D eigenvalue weighted by Crippen LogP contribution is -2.07. The quantitative estimate of drug-likeness (QED) is 0.570. The summed E-state index contributed by atoms with van der Waals surface area (Å²) in [6.07, 6.45) is 0.686. The van der Waals surface area contributed by atoms with Crippen LogP contribution < -0.4 is 9.47 Å². The van der Waals surface area contributed by atoms with Gasteiger partial charge in [0.1, 0.15) is 6.29 Å². The summed E-state index contributed by atoms with van der Waals surface area (Å²) in [5.74, 6) is 0.500. The van der Waals surface area contributed by atoms with Crippen molar-refractivity contribution in [2.75, 3.05) is 21.3 Å². The van der Waals surface area contributed by atoms with Crippen molar-refractivity contribution in [2.45, 2.75) is 6.42 Å². The number of rotatable bonds is 5. The van der Waals surface area contributed by atoms with E-state index in [-0.39, 0.29) is 6.42 Å². The molecule has 0 atom stereocenters. The van der Waals surface area contributed by atoms with Crippen molar-refractivity contribution in [3.8, 4) is 11.5 Å². The van der Waals surface area contributed by atoms with Crippen molar-refractivity contribution < 1.29 is 23.8 Å². The molecule has 0 aliphatic heterocycles. The smallest absolute Gasteiger partial charge is 0.310 e. The molecule has 5 nitrogen and oxygen atoms in total. The van der Waals surface area contributed by atoms with Crippen molar-refractivity contribution in [1.29, 1.82) is 0 Å². The molecule has 0 unspecified atom stereocenters. The van der Waals surface area contributed by atoms with Crippen LogP contribution in [0.5, 0.6) is 11.5 Å². The van der Waals surface area contributed by atoms with E-state index in [0.717, 1.165) is 0 Å². The van der Waals surface area contributed by atoms with Gasteiger partial charge in [0.15, 0.2) is 11.5 Å². The molecular formula is C12H14O5. The largest absolute Gasteiger partial charge is 0.493 e. The Kier molecular flexibility index (Phi) is 4.51. The number of aldehydes is 1. The van der Waals surface area contributed by atoms with Gasteiger partial charge in [0.25, 0.3) is 0 Å². The molecule has 0 aliphatic carbocycles. The average molecular weight is 238 g/mol. The number of benzene rings is 1. The number of ether oxygens (including phenoxy) is 3. The molecule has 0 radical (unpaired) electrons. The monoisotopic (exact) mass is 238 g/mol. The highest BCUT2D eigenvalue weighted by atomic mass is 16.5. The van der Waals surface area contributed by atoms with Crippen molar-refractivity contribution in [1.82, 2.24) is 0 Å². The molecule has 0 saturated carbocycles. The van der Waals surface area contributed by atoms with E-state index in [0.29, 0.717) is 28.9 Å². The molecule has 0 heterocycles. The molecule has 0 amide bonds. The Hall–Kier alpha value is -2.04. The van der Waals surface area contributed by atoms with Crippen molar-refractivity contribution in [3.63, 3.8) is 0 Å². The molecule has 0 fully saturated rings. The van der Waals surface area contributed by atoms with Gasteiger partial charge in [-0.05, 0) is 17.7 Å². The number of hydrogen-bond acceptors (Lipinski definition) is 5. The van der Waals surface area contributed by atoms with Crippen LogP contribution in [0.15, 0.2) is 12.1 Å². The van der Waals surface area contributed by atoms with Crippen LogP contribution in [-0.4, -0.2) is 33.6 Å². The van der Waals surface area contributed by atoms with Crippen LogP contribution in [0.4, 0.5) is 0 Å². The predicted octanol–water partition coefficient (Wildman–Crippen LogP) is 1.23. The summed E-state index contributed by atoms with van der Waals surface area (Å²) in [5.41, 5.74) is 0.928. The van der Waals surface area contributed by atoms with Crippen molar-refractivity contribution >= 4 is 12.3 Å². The number of methoxy groups -OCH3 is 3. The molecule has 1 rings (SSSR count). The summed E-state index contributed by atoms with van der Waals surface area (Å²) < 4.78 is 14.7. The van der Waals surface area contributed by atoms with Gasteiger partial charge in [0.05, 0.1) is 27.8 Å². The summed E-state index contributed by atoms with van der Waals surface area (Å²) in [4.78, 5) is 22.1. The van der Waals surface area contributed by atoms with Crippen LogP contribution in [0.2, 0.25) is 0 Å². The van der Waals surface area contributed by atoms with E-state index < -0.39 is 5.97 Å². The zero-order chi connectivity index (χ0) is 12.8. The van der Waals surface area contributed by atoms with Gasteiger partial charge < -0.3 is 14.2 Å². The second kappa shape index (κ2) is 5.89. The lowest BCUT2D eigenvalue weighted by Gasteiger charge is -2.11. The molecule has 92 valence electrons.